The smallest absolute Gasteiger partial charge is 0.234 e. The summed E-state index contributed by atoms with van der Waals surface area (Å²) in [7, 11) is 1.92. The highest BCUT2D eigenvalue weighted by molar-refractivity contribution is 7.99. The third kappa shape index (κ3) is 4.64. The number of hydrogen-bond acceptors (Lipinski definition) is 6. The summed E-state index contributed by atoms with van der Waals surface area (Å²) in [5, 5.41) is 14.1. The second kappa shape index (κ2) is 8.86. The van der Waals surface area contributed by atoms with Gasteiger partial charge in [0.1, 0.15) is 11.6 Å². The van der Waals surface area contributed by atoms with Gasteiger partial charge < -0.3 is 14.6 Å². The van der Waals surface area contributed by atoms with E-state index in [-0.39, 0.29) is 11.7 Å². The van der Waals surface area contributed by atoms with Gasteiger partial charge in [0, 0.05) is 18.3 Å². The van der Waals surface area contributed by atoms with Crippen LogP contribution in [0.1, 0.15) is 17.6 Å². The molecule has 0 unspecified atom stereocenters. The first-order valence-corrected chi connectivity index (χ1v) is 10.1. The van der Waals surface area contributed by atoms with Gasteiger partial charge in [-0.2, -0.15) is 0 Å². The number of nitrogens with one attached hydrogen (secondary N) is 1. The number of thioether (sulfide) groups is 1. The fourth-order valence-corrected chi connectivity index (χ4v) is 3.79. The summed E-state index contributed by atoms with van der Waals surface area (Å²) in [6.07, 6.45) is 0.746. The van der Waals surface area contributed by atoms with E-state index in [9.17, 15) is 4.79 Å². The monoisotopic (exact) mass is 388 g/mol. The zero-order valence-electron chi connectivity index (χ0n) is 14.6. The number of aromatic nitrogens is 3. The highest BCUT2D eigenvalue weighted by Crippen LogP contribution is 2.24. The number of thiophene rings is 1. The van der Waals surface area contributed by atoms with E-state index in [1.807, 2.05) is 54.3 Å². The van der Waals surface area contributed by atoms with Crippen molar-refractivity contribution in [3.63, 3.8) is 0 Å². The number of anilines is 1. The van der Waals surface area contributed by atoms with Gasteiger partial charge in [-0.25, -0.2) is 0 Å². The van der Waals surface area contributed by atoms with Crippen molar-refractivity contribution in [3.05, 3.63) is 52.5 Å². The molecule has 26 heavy (non-hydrogen) atoms. The third-order valence-electron chi connectivity index (χ3n) is 3.63. The maximum absolute atomic E-state index is 12.3. The predicted molar refractivity (Wildman–Crippen MR) is 105 cm³/mol. The molecule has 0 fully saturated rings. The molecule has 136 valence electrons. The van der Waals surface area contributed by atoms with Crippen molar-refractivity contribution in [1.29, 1.82) is 0 Å². The molecule has 0 bridgehead atoms. The zero-order valence-corrected chi connectivity index (χ0v) is 16.3. The van der Waals surface area contributed by atoms with E-state index in [1.165, 1.54) is 16.6 Å². The Morgan fingerprint density at radius 1 is 1.27 bits per heavy atom. The molecule has 3 aromatic rings. The maximum Gasteiger partial charge on any atom is 0.234 e. The molecule has 3 rings (SSSR count). The highest BCUT2D eigenvalue weighted by Gasteiger charge is 2.13. The number of para-hydroxylation sites is 2. The Bertz CT molecular complexity index is 862. The summed E-state index contributed by atoms with van der Waals surface area (Å²) >= 11 is 3.06. The zero-order chi connectivity index (χ0) is 18.4. The van der Waals surface area contributed by atoms with Gasteiger partial charge in [-0.1, -0.05) is 30.0 Å². The number of carbonyl (C=O) groups is 1. The fraction of sp³-hybridized carbons (Fsp3) is 0.278. The molecule has 0 aliphatic rings. The molecule has 0 atom stereocenters. The lowest BCUT2D eigenvalue weighted by Crippen LogP contribution is -2.15. The molecule has 0 radical (unpaired) electrons. The molecule has 6 nitrogen and oxygen atoms in total. The predicted octanol–water partition coefficient (Wildman–Crippen LogP) is 3.60. The Kier molecular flexibility index (Phi) is 6.30. The first kappa shape index (κ1) is 18.5. The van der Waals surface area contributed by atoms with Gasteiger partial charge in [-0.3, -0.25) is 4.79 Å². The molecule has 0 aliphatic carbocycles. The van der Waals surface area contributed by atoms with Crippen LogP contribution in [-0.2, 0) is 18.3 Å². The quantitative estimate of drug-likeness (QED) is 0.597. The molecule has 2 aromatic heterocycles. The van der Waals surface area contributed by atoms with Gasteiger partial charge in [0.2, 0.25) is 5.91 Å². The van der Waals surface area contributed by atoms with Crippen LogP contribution in [0.2, 0.25) is 0 Å². The van der Waals surface area contributed by atoms with Gasteiger partial charge >= 0.3 is 0 Å². The van der Waals surface area contributed by atoms with Crippen LogP contribution in [-0.4, -0.2) is 33.0 Å². The molecular formula is C18H20N4O2S2. The minimum Gasteiger partial charge on any atom is -0.492 e. The summed E-state index contributed by atoms with van der Waals surface area (Å²) in [6, 6.07) is 11.5. The van der Waals surface area contributed by atoms with Crippen LogP contribution >= 0.6 is 23.1 Å². The minimum atomic E-state index is -0.107. The van der Waals surface area contributed by atoms with Gasteiger partial charge in [-0.15, -0.1) is 21.5 Å². The largest absolute Gasteiger partial charge is 0.492 e. The summed E-state index contributed by atoms with van der Waals surface area (Å²) in [5.41, 5.74) is 0.677. The number of amides is 1. The van der Waals surface area contributed by atoms with E-state index >= 15 is 0 Å². The van der Waals surface area contributed by atoms with E-state index in [0.29, 0.717) is 18.0 Å². The van der Waals surface area contributed by atoms with Crippen molar-refractivity contribution in [2.75, 3.05) is 17.7 Å². The number of hydrogen-bond donors (Lipinski definition) is 1. The van der Waals surface area contributed by atoms with Gasteiger partial charge in [0.05, 0.1) is 18.0 Å². The van der Waals surface area contributed by atoms with Crippen LogP contribution in [0, 0.1) is 0 Å². The summed E-state index contributed by atoms with van der Waals surface area (Å²) < 4.78 is 7.46. The average Bonchev–Trinajstić information content (AvgIpc) is 3.26. The standard InChI is InChI=1S/C18H20N4O2S2/c1-3-24-15-9-5-4-8-14(15)19-17(23)12-26-18-21-20-16(22(18)2)11-13-7-6-10-25-13/h4-10H,3,11-12H2,1-2H3,(H,19,23). The van der Waals surface area contributed by atoms with Crippen LogP contribution in [0.3, 0.4) is 0 Å². The molecule has 1 amide bonds. The Morgan fingerprint density at radius 3 is 2.88 bits per heavy atom. The van der Waals surface area contributed by atoms with Gasteiger partial charge in [0.15, 0.2) is 5.16 Å². The average molecular weight is 389 g/mol. The lowest BCUT2D eigenvalue weighted by atomic mass is 10.3. The Labute approximate surface area is 160 Å². The fourth-order valence-electron chi connectivity index (χ4n) is 2.36. The second-order valence-electron chi connectivity index (χ2n) is 5.48. The first-order chi connectivity index (χ1) is 12.7. The molecule has 8 heteroatoms. The van der Waals surface area contributed by atoms with Crippen LogP contribution in [0.15, 0.2) is 46.9 Å². The summed E-state index contributed by atoms with van der Waals surface area (Å²) in [6.45, 7) is 2.46. The van der Waals surface area contributed by atoms with Crippen LogP contribution < -0.4 is 10.1 Å². The molecular weight excluding hydrogens is 368 g/mol. The lowest BCUT2D eigenvalue weighted by molar-refractivity contribution is -0.113. The van der Waals surface area contributed by atoms with E-state index in [1.54, 1.807) is 11.3 Å². The summed E-state index contributed by atoms with van der Waals surface area (Å²) in [4.78, 5) is 13.5. The molecule has 0 spiro atoms. The maximum atomic E-state index is 12.3. The normalized spacial score (nSPS) is 10.7. The highest BCUT2D eigenvalue weighted by atomic mass is 32.2. The van der Waals surface area contributed by atoms with E-state index < -0.39 is 0 Å². The molecule has 0 saturated carbocycles. The second-order valence-corrected chi connectivity index (χ2v) is 7.45. The van der Waals surface area contributed by atoms with Crippen molar-refractivity contribution in [1.82, 2.24) is 14.8 Å². The number of ether oxygens (including phenoxy) is 1. The third-order valence-corrected chi connectivity index (χ3v) is 5.53. The number of carbonyl (C=O) groups excluding carboxylic acids is 1. The number of nitrogens with zero attached hydrogens (tertiary/aromatic N) is 3. The van der Waals surface area contributed by atoms with Crippen LogP contribution in [0.5, 0.6) is 5.75 Å². The molecule has 1 N–H and O–H groups in total. The van der Waals surface area contributed by atoms with Crippen molar-refractivity contribution < 1.29 is 9.53 Å². The van der Waals surface area contributed by atoms with Crippen LogP contribution in [0.4, 0.5) is 5.69 Å². The van der Waals surface area contributed by atoms with Crippen molar-refractivity contribution >= 4 is 34.7 Å². The minimum absolute atomic E-state index is 0.107. The molecule has 0 aliphatic heterocycles. The SMILES string of the molecule is CCOc1ccccc1NC(=O)CSc1nnc(Cc2cccs2)n1C. The Morgan fingerprint density at radius 2 is 2.12 bits per heavy atom. The van der Waals surface area contributed by atoms with Crippen molar-refractivity contribution in [2.45, 2.75) is 18.5 Å². The molecule has 1 aromatic carbocycles. The first-order valence-electron chi connectivity index (χ1n) is 8.22. The van der Waals surface area contributed by atoms with Crippen molar-refractivity contribution in [3.8, 4) is 5.75 Å². The van der Waals surface area contributed by atoms with Gasteiger partial charge in [0.25, 0.3) is 0 Å². The number of benzene rings is 1. The molecule has 0 saturated heterocycles. The van der Waals surface area contributed by atoms with E-state index in [4.69, 9.17) is 4.74 Å². The van der Waals surface area contributed by atoms with Crippen molar-refractivity contribution in [2.24, 2.45) is 7.05 Å². The Balaban J connectivity index is 1.57. The van der Waals surface area contributed by atoms with Gasteiger partial charge in [-0.05, 0) is 30.5 Å². The Hall–Kier alpha value is -2.32. The summed E-state index contributed by atoms with van der Waals surface area (Å²) in [5.74, 6) is 1.71. The number of rotatable bonds is 8. The van der Waals surface area contributed by atoms with E-state index in [0.717, 1.165) is 17.4 Å². The topological polar surface area (TPSA) is 69.0 Å². The van der Waals surface area contributed by atoms with Crippen LogP contribution in [0.25, 0.3) is 0 Å². The lowest BCUT2D eigenvalue weighted by Gasteiger charge is -2.11. The van der Waals surface area contributed by atoms with E-state index in [2.05, 4.69) is 21.6 Å². The molecule has 2 heterocycles.